The van der Waals surface area contributed by atoms with Crippen molar-refractivity contribution in [2.75, 3.05) is 27.2 Å². The number of fused-ring (bicyclic) bond motifs is 1. The van der Waals surface area contributed by atoms with Crippen molar-refractivity contribution in [1.29, 1.82) is 0 Å². The lowest BCUT2D eigenvalue weighted by Gasteiger charge is -2.19. The van der Waals surface area contributed by atoms with Gasteiger partial charge in [0.15, 0.2) is 5.76 Å². The first-order valence-corrected chi connectivity index (χ1v) is 8.83. The van der Waals surface area contributed by atoms with E-state index >= 15 is 0 Å². The van der Waals surface area contributed by atoms with Crippen LogP contribution in [0.15, 0.2) is 22.7 Å². The molecule has 0 saturated carbocycles. The smallest absolute Gasteiger partial charge is 0.475 e. The van der Waals surface area contributed by atoms with Crippen molar-refractivity contribution in [3.63, 3.8) is 0 Å². The molecule has 29 heavy (non-hydrogen) atoms. The van der Waals surface area contributed by atoms with E-state index < -0.39 is 12.1 Å². The zero-order valence-electron chi connectivity index (χ0n) is 16.4. The van der Waals surface area contributed by atoms with E-state index in [0.29, 0.717) is 18.8 Å². The van der Waals surface area contributed by atoms with Gasteiger partial charge in [-0.05, 0) is 33.2 Å². The minimum absolute atomic E-state index is 0.0342. The molecule has 0 radical (unpaired) electrons. The summed E-state index contributed by atoms with van der Waals surface area (Å²) in [6.07, 6.45) is -2.36. The summed E-state index contributed by atoms with van der Waals surface area (Å²) in [6, 6.07) is 3.57. The fraction of sp³-hybridized carbons (Fsp3) is 0.500. The van der Waals surface area contributed by atoms with Gasteiger partial charge < -0.3 is 23.9 Å². The predicted octanol–water partition coefficient (Wildman–Crippen LogP) is 2.18. The lowest BCUT2D eigenvalue weighted by atomic mass is 10.3. The Hall–Kier alpha value is -2.82. The van der Waals surface area contributed by atoms with Gasteiger partial charge >= 0.3 is 12.1 Å². The van der Waals surface area contributed by atoms with E-state index in [0.717, 1.165) is 31.1 Å². The van der Waals surface area contributed by atoms with Crippen molar-refractivity contribution in [3.05, 3.63) is 41.4 Å². The number of carbonyl (C=O) groups is 2. The van der Waals surface area contributed by atoms with Crippen molar-refractivity contribution >= 4 is 11.9 Å². The Morgan fingerprint density at radius 2 is 1.90 bits per heavy atom. The van der Waals surface area contributed by atoms with Crippen LogP contribution in [0, 0.1) is 6.92 Å². The molecule has 1 aliphatic rings. The molecular weight excluding hydrogens is 393 g/mol. The molecule has 0 fully saturated rings. The van der Waals surface area contributed by atoms with Gasteiger partial charge in [0.05, 0.1) is 5.69 Å². The van der Waals surface area contributed by atoms with E-state index in [-0.39, 0.29) is 5.91 Å². The number of aryl methyl sites for hydroxylation is 1. The molecule has 0 bridgehead atoms. The van der Waals surface area contributed by atoms with E-state index in [9.17, 15) is 18.0 Å². The monoisotopic (exact) mass is 416 g/mol. The van der Waals surface area contributed by atoms with Crippen LogP contribution in [0.4, 0.5) is 13.2 Å². The number of imidazole rings is 1. The highest BCUT2D eigenvalue weighted by molar-refractivity contribution is 5.91. The SMILES string of the molecule is Cc1ccc(C(=O)N2CCc3ncc(CN(C)C)n3CC2)o1.O=C(O)C(F)(F)F. The molecule has 3 rings (SSSR count). The molecule has 8 nitrogen and oxygen atoms in total. The highest BCUT2D eigenvalue weighted by Gasteiger charge is 2.38. The van der Waals surface area contributed by atoms with Gasteiger partial charge in [-0.25, -0.2) is 9.78 Å². The van der Waals surface area contributed by atoms with Gasteiger partial charge in [0.25, 0.3) is 5.91 Å². The van der Waals surface area contributed by atoms with Crippen molar-refractivity contribution < 1.29 is 32.3 Å². The Balaban J connectivity index is 0.000000370. The number of carboxylic acid groups (broad SMARTS) is 1. The Labute approximate surface area is 165 Å². The molecule has 1 aliphatic heterocycles. The number of rotatable bonds is 3. The van der Waals surface area contributed by atoms with Crippen molar-refractivity contribution in [2.24, 2.45) is 0 Å². The van der Waals surface area contributed by atoms with Crippen LogP contribution in [0.2, 0.25) is 0 Å². The molecule has 160 valence electrons. The number of carbonyl (C=O) groups excluding carboxylic acids is 1. The van der Waals surface area contributed by atoms with Crippen LogP contribution in [0.1, 0.15) is 27.8 Å². The number of hydrogen-bond acceptors (Lipinski definition) is 5. The van der Waals surface area contributed by atoms with Crippen molar-refractivity contribution in [2.45, 2.75) is 32.6 Å². The van der Waals surface area contributed by atoms with Crippen molar-refractivity contribution in [3.8, 4) is 0 Å². The van der Waals surface area contributed by atoms with E-state index in [2.05, 4.69) is 14.5 Å². The maximum atomic E-state index is 12.5. The summed E-state index contributed by atoms with van der Waals surface area (Å²) in [5.74, 6) is -0.548. The number of amides is 1. The van der Waals surface area contributed by atoms with E-state index in [1.165, 1.54) is 5.69 Å². The third kappa shape index (κ3) is 6.08. The zero-order chi connectivity index (χ0) is 21.8. The molecule has 0 atom stereocenters. The van der Waals surface area contributed by atoms with E-state index in [1.807, 2.05) is 38.2 Å². The molecule has 3 heterocycles. The van der Waals surface area contributed by atoms with Crippen LogP contribution in [0.5, 0.6) is 0 Å². The summed E-state index contributed by atoms with van der Waals surface area (Å²) in [5, 5.41) is 7.12. The summed E-state index contributed by atoms with van der Waals surface area (Å²) in [5.41, 5.74) is 1.20. The van der Waals surface area contributed by atoms with Gasteiger partial charge in [0.1, 0.15) is 11.6 Å². The molecule has 0 aromatic carbocycles. The average Bonchev–Trinajstić information content (AvgIpc) is 3.14. The van der Waals surface area contributed by atoms with Gasteiger partial charge in [0, 0.05) is 38.8 Å². The van der Waals surface area contributed by atoms with Crippen LogP contribution in [-0.2, 0) is 24.3 Å². The molecule has 2 aromatic heterocycles. The number of carboxylic acids is 1. The molecule has 0 saturated heterocycles. The normalized spacial score (nSPS) is 14.1. The minimum atomic E-state index is -5.08. The maximum Gasteiger partial charge on any atom is 0.490 e. The molecular formula is C18H23F3N4O4. The summed E-state index contributed by atoms with van der Waals surface area (Å²) in [6.45, 7) is 4.85. The Morgan fingerprint density at radius 3 is 2.41 bits per heavy atom. The van der Waals surface area contributed by atoms with Crippen LogP contribution in [-0.4, -0.2) is 69.7 Å². The lowest BCUT2D eigenvalue weighted by molar-refractivity contribution is -0.192. The molecule has 0 spiro atoms. The standard InChI is InChI=1S/C16H22N4O2.C2HF3O2/c1-12-4-5-14(22-12)16(21)19-7-6-15-17-10-13(11-18(2)3)20(15)9-8-19;3-2(4,5)1(6)7/h4-5,10H,6-9,11H2,1-3H3;(H,6,7). The van der Waals surface area contributed by atoms with Gasteiger partial charge in [-0.3, -0.25) is 4.79 Å². The minimum Gasteiger partial charge on any atom is -0.475 e. The van der Waals surface area contributed by atoms with Crippen LogP contribution in [0.3, 0.4) is 0 Å². The highest BCUT2D eigenvalue weighted by Crippen LogP contribution is 2.16. The quantitative estimate of drug-likeness (QED) is 0.825. The number of aliphatic carboxylic acids is 1. The van der Waals surface area contributed by atoms with Crippen LogP contribution >= 0.6 is 0 Å². The third-order valence-electron chi connectivity index (χ3n) is 4.18. The summed E-state index contributed by atoms with van der Waals surface area (Å²) >= 11 is 0. The first kappa shape index (κ1) is 22.5. The second-order valence-electron chi connectivity index (χ2n) is 6.81. The first-order valence-electron chi connectivity index (χ1n) is 8.83. The second-order valence-corrected chi connectivity index (χ2v) is 6.81. The fourth-order valence-electron chi connectivity index (χ4n) is 2.85. The average molecular weight is 416 g/mol. The predicted molar refractivity (Wildman–Crippen MR) is 96.4 cm³/mol. The molecule has 1 N–H and O–H groups in total. The number of furan rings is 1. The molecule has 0 unspecified atom stereocenters. The second kappa shape index (κ2) is 9.12. The number of hydrogen-bond donors (Lipinski definition) is 1. The van der Waals surface area contributed by atoms with Gasteiger partial charge in [-0.1, -0.05) is 0 Å². The van der Waals surface area contributed by atoms with E-state index in [1.54, 1.807) is 6.07 Å². The van der Waals surface area contributed by atoms with Crippen LogP contribution in [0.25, 0.3) is 0 Å². The first-order chi connectivity index (χ1) is 13.5. The summed E-state index contributed by atoms with van der Waals surface area (Å²) in [4.78, 5) is 29.9. The van der Waals surface area contributed by atoms with E-state index in [4.69, 9.17) is 14.3 Å². The maximum absolute atomic E-state index is 12.5. The van der Waals surface area contributed by atoms with Crippen LogP contribution < -0.4 is 0 Å². The molecule has 0 aliphatic carbocycles. The van der Waals surface area contributed by atoms with Gasteiger partial charge in [-0.2, -0.15) is 13.2 Å². The highest BCUT2D eigenvalue weighted by atomic mass is 19.4. The Morgan fingerprint density at radius 1 is 1.24 bits per heavy atom. The van der Waals surface area contributed by atoms with Gasteiger partial charge in [0.2, 0.25) is 0 Å². The summed E-state index contributed by atoms with van der Waals surface area (Å²) in [7, 11) is 4.09. The molecule has 2 aromatic rings. The largest absolute Gasteiger partial charge is 0.490 e. The zero-order valence-corrected chi connectivity index (χ0v) is 16.4. The number of halogens is 3. The topological polar surface area (TPSA) is 91.8 Å². The van der Waals surface area contributed by atoms with Gasteiger partial charge in [-0.15, -0.1) is 0 Å². The number of nitrogens with zero attached hydrogens (tertiary/aromatic N) is 4. The molecule has 1 amide bonds. The molecule has 11 heteroatoms. The fourth-order valence-corrected chi connectivity index (χ4v) is 2.85. The number of alkyl halides is 3. The summed E-state index contributed by atoms with van der Waals surface area (Å²) < 4.78 is 39.4. The third-order valence-corrected chi connectivity index (χ3v) is 4.18. The Kier molecular flexibility index (Phi) is 7.07. The Bertz CT molecular complexity index is 858. The lowest BCUT2D eigenvalue weighted by Crippen LogP contribution is -2.33. The number of aromatic nitrogens is 2. The van der Waals surface area contributed by atoms with Crippen molar-refractivity contribution in [1.82, 2.24) is 19.4 Å².